The van der Waals surface area contributed by atoms with Gasteiger partial charge in [-0.05, 0) is 65.2 Å². The molecule has 2 atom stereocenters. The van der Waals surface area contributed by atoms with E-state index in [1.54, 1.807) is 0 Å². The van der Waals surface area contributed by atoms with E-state index in [9.17, 15) is 0 Å². The first-order chi connectivity index (χ1) is 8.29. The highest BCUT2D eigenvalue weighted by atomic mass is 79.9. The van der Waals surface area contributed by atoms with Crippen LogP contribution in [-0.2, 0) is 6.42 Å². The first-order valence-corrected chi connectivity index (χ1v) is 9.16. The van der Waals surface area contributed by atoms with Gasteiger partial charge in [0.2, 0.25) is 0 Å². The summed E-state index contributed by atoms with van der Waals surface area (Å²) in [4.78, 5) is 1.50. The molecule has 0 amide bonds. The Morgan fingerprint density at radius 3 is 3.06 bits per heavy atom. The summed E-state index contributed by atoms with van der Waals surface area (Å²) in [7, 11) is 0. The Balaban J connectivity index is 1.94. The van der Waals surface area contributed by atoms with Crippen molar-refractivity contribution in [3.63, 3.8) is 0 Å². The molecular weight excluding hydrogens is 314 g/mol. The van der Waals surface area contributed by atoms with Gasteiger partial charge in [-0.25, -0.2) is 0 Å². The maximum Gasteiger partial charge on any atom is 0.0285 e. The van der Waals surface area contributed by atoms with E-state index < -0.39 is 0 Å². The lowest BCUT2D eigenvalue weighted by Gasteiger charge is -2.23. The Morgan fingerprint density at radius 2 is 2.47 bits per heavy atom. The van der Waals surface area contributed by atoms with Crippen LogP contribution < -0.4 is 5.32 Å². The second-order valence-electron chi connectivity index (χ2n) is 4.62. The SMILES string of the molecule is CCCNC(Cc1cc(Br)cs1)C1CCSC1. The number of nitrogens with one attached hydrogen (secondary N) is 1. The van der Waals surface area contributed by atoms with E-state index in [1.165, 1.54) is 40.1 Å². The highest BCUT2D eigenvalue weighted by molar-refractivity contribution is 9.10. The van der Waals surface area contributed by atoms with Crippen molar-refractivity contribution in [2.75, 3.05) is 18.1 Å². The Labute approximate surface area is 121 Å². The van der Waals surface area contributed by atoms with Gasteiger partial charge in [0.15, 0.2) is 0 Å². The molecule has 0 bridgehead atoms. The van der Waals surface area contributed by atoms with Crippen LogP contribution in [-0.4, -0.2) is 24.1 Å². The molecule has 2 unspecified atom stereocenters. The van der Waals surface area contributed by atoms with Crippen LogP contribution in [0.15, 0.2) is 15.9 Å². The van der Waals surface area contributed by atoms with Gasteiger partial charge in [-0.2, -0.15) is 11.8 Å². The largest absolute Gasteiger partial charge is 0.313 e. The van der Waals surface area contributed by atoms with Crippen molar-refractivity contribution in [1.82, 2.24) is 5.32 Å². The summed E-state index contributed by atoms with van der Waals surface area (Å²) in [6.07, 6.45) is 3.81. The van der Waals surface area contributed by atoms with Crippen molar-refractivity contribution in [1.29, 1.82) is 0 Å². The van der Waals surface area contributed by atoms with E-state index in [4.69, 9.17) is 0 Å². The summed E-state index contributed by atoms with van der Waals surface area (Å²) >= 11 is 7.53. The summed E-state index contributed by atoms with van der Waals surface area (Å²) in [5.41, 5.74) is 0. The van der Waals surface area contributed by atoms with E-state index in [1.807, 2.05) is 11.3 Å². The van der Waals surface area contributed by atoms with Crippen molar-refractivity contribution in [3.05, 3.63) is 20.8 Å². The Hall–Kier alpha value is 0.490. The molecular formula is C13H20BrNS2. The van der Waals surface area contributed by atoms with Gasteiger partial charge in [0.05, 0.1) is 0 Å². The zero-order chi connectivity index (χ0) is 12.1. The average Bonchev–Trinajstić information content (AvgIpc) is 2.95. The molecule has 0 spiro atoms. The summed E-state index contributed by atoms with van der Waals surface area (Å²) in [5.74, 6) is 3.56. The Bertz CT molecular complexity index is 334. The van der Waals surface area contributed by atoms with Gasteiger partial charge in [-0.15, -0.1) is 11.3 Å². The van der Waals surface area contributed by atoms with Gasteiger partial charge in [-0.3, -0.25) is 0 Å². The predicted octanol–water partition coefficient (Wildman–Crippen LogP) is 4.17. The molecule has 1 saturated heterocycles. The predicted molar refractivity (Wildman–Crippen MR) is 83.2 cm³/mol. The Kier molecular flexibility index (Phi) is 5.87. The summed E-state index contributed by atoms with van der Waals surface area (Å²) in [6, 6.07) is 2.95. The summed E-state index contributed by atoms with van der Waals surface area (Å²) < 4.78 is 1.23. The van der Waals surface area contributed by atoms with Crippen LogP contribution in [0.4, 0.5) is 0 Å². The molecule has 0 aliphatic carbocycles. The van der Waals surface area contributed by atoms with Crippen LogP contribution in [0.1, 0.15) is 24.6 Å². The maximum atomic E-state index is 3.75. The zero-order valence-electron chi connectivity index (χ0n) is 10.2. The van der Waals surface area contributed by atoms with Crippen LogP contribution >= 0.6 is 39.0 Å². The average molecular weight is 334 g/mol. The van der Waals surface area contributed by atoms with Crippen LogP contribution in [0.3, 0.4) is 0 Å². The molecule has 1 fully saturated rings. The minimum Gasteiger partial charge on any atom is -0.313 e. The third-order valence-electron chi connectivity index (χ3n) is 3.23. The lowest BCUT2D eigenvalue weighted by atomic mass is 9.95. The van der Waals surface area contributed by atoms with Crippen molar-refractivity contribution < 1.29 is 0 Å². The standard InChI is InChI=1S/C13H20BrNS2/c1-2-4-15-13(10-3-5-16-8-10)7-12-6-11(14)9-17-12/h6,9-10,13,15H,2-5,7-8H2,1H3. The molecule has 1 aromatic rings. The quantitative estimate of drug-likeness (QED) is 0.838. The van der Waals surface area contributed by atoms with Gasteiger partial charge in [0, 0.05) is 20.8 Å². The number of rotatable bonds is 6. The molecule has 2 rings (SSSR count). The lowest BCUT2D eigenvalue weighted by molar-refractivity contribution is 0.382. The van der Waals surface area contributed by atoms with E-state index in [0.29, 0.717) is 6.04 Å². The highest BCUT2D eigenvalue weighted by Gasteiger charge is 2.25. The van der Waals surface area contributed by atoms with Crippen LogP contribution in [0, 0.1) is 5.92 Å². The van der Waals surface area contributed by atoms with Gasteiger partial charge in [-0.1, -0.05) is 6.92 Å². The smallest absolute Gasteiger partial charge is 0.0285 e. The molecule has 0 radical (unpaired) electrons. The van der Waals surface area contributed by atoms with E-state index in [0.717, 1.165) is 12.5 Å². The second kappa shape index (κ2) is 7.17. The minimum atomic E-state index is 0.676. The monoisotopic (exact) mass is 333 g/mol. The van der Waals surface area contributed by atoms with Crippen LogP contribution in [0.25, 0.3) is 0 Å². The molecule has 96 valence electrons. The number of hydrogen-bond donors (Lipinski definition) is 1. The first-order valence-electron chi connectivity index (χ1n) is 6.33. The maximum absolute atomic E-state index is 3.75. The molecule has 0 aromatic carbocycles. The number of thiophene rings is 1. The molecule has 1 aliphatic heterocycles. The molecule has 1 N–H and O–H groups in total. The molecule has 1 aromatic heterocycles. The topological polar surface area (TPSA) is 12.0 Å². The fourth-order valence-electron chi connectivity index (χ4n) is 2.28. The van der Waals surface area contributed by atoms with Crippen molar-refractivity contribution in [3.8, 4) is 0 Å². The second-order valence-corrected chi connectivity index (χ2v) is 7.68. The lowest BCUT2D eigenvalue weighted by Crippen LogP contribution is -2.38. The first kappa shape index (κ1) is 13.9. The van der Waals surface area contributed by atoms with E-state index in [-0.39, 0.29) is 0 Å². The summed E-state index contributed by atoms with van der Waals surface area (Å²) in [5, 5.41) is 5.94. The summed E-state index contributed by atoms with van der Waals surface area (Å²) in [6.45, 7) is 3.40. The third-order valence-corrected chi connectivity index (χ3v) is 6.14. The molecule has 2 heterocycles. The molecule has 0 saturated carbocycles. The van der Waals surface area contributed by atoms with Crippen molar-refractivity contribution in [2.45, 2.75) is 32.2 Å². The molecule has 17 heavy (non-hydrogen) atoms. The van der Waals surface area contributed by atoms with Gasteiger partial charge >= 0.3 is 0 Å². The third kappa shape index (κ3) is 4.27. The normalized spacial score (nSPS) is 21.9. The van der Waals surface area contributed by atoms with E-state index >= 15 is 0 Å². The zero-order valence-corrected chi connectivity index (χ0v) is 13.5. The Morgan fingerprint density at radius 1 is 1.59 bits per heavy atom. The van der Waals surface area contributed by atoms with Crippen molar-refractivity contribution >= 4 is 39.0 Å². The fourth-order valence-corrected chi connectivity index (χ4v) is 5.13. The molecule has 1 nitrogen and oxygen atoms in total. The number of hydrogen-bond acceptors (Lipinski definition) is 3. The molecule has 4 heteroatoms. The number of halogens is 1. The van der Waals surface area contributed by atoms with Crippen molar-refractivity contribution in [2.24, 2.45) is 5.92 Å². The highest BCUT2D eigenvalue weighted by Crippen LogP contribution is 2.29. The van der Waals surface area contributed by atoms with Gasteiger partial charge < -0.3 is 5.32 Å². The number of thioether (sulfide) groups is 1. The van der Waals surface area contributed by atoms with Crippen LogP contribution in [0.2, 0.25) is 0 Å². The van der Waals surface area contributed by atoms with Gasteiger partial charge in [0.1, 0.15) is 0 Å². The van der Waals surface area contributed by atoms with Crippen LogP contribution in [0.5, 0.6) is 0 Å². The molecule has 1 aliphatic rings. The van der Waals surface area contributed by atoms with Gasteiger partial charge in [0.25, 0.3) is 0 Å². The van der Waals surface area contributed by atoms with E-state index in [2.05, 4.69) is 51.4 Å². The fraction of sp³-hybridized carbons (Fsp3) is 0.692. The minimum absolute atomic E-state index is 0.676.